The lowest BCUT2D eigenvalue weighted by atomic mass is 9.99. The number of benzene rings is 1. The number of hydrogen-bond donors (Lipinski definition) is 2. The van der Waals surface area contributed by atoms with E-state index in [-0.39, 0.29) is 24.8 Å². The summed E-state index contributed by atoms with van der Waals surface area (Å²) >= 11 is 0. The number of aryl methyl sites for hydroxylation is 1. The van der Waals surface area contributed by atoms with E-state index < -0.39 is 23.5 Å². The largest absolute Gasteiger partial charge is 0.480 e. The van der Waals surface area contributed by atoms with Crippen molar-refractivity contribution < 1.29 is 24.2 Å². The Morgan fingerprint density at radius 3 is 2.59 bits per heavy atom. The fraction of sp³-hybridized carbons (Fsp3) is 0.550. The molecule has 1 aromatic carbocycles. The van der Waals surface area contributed by atoms with Crippen molar-refractivity contribution in [3.63, 3.8) is 0 Å². The van der Waals surface area contributed by atoms with Gasteiger partial charge in [-0.25, -0.2) is 4.79 Å². The van der Waals surface area contributed by atoms with Gasteiger partial charge < -0.3 is 20.1 Å². The maximum atomic E-state index is 12.8. The molecule has 7 nitrogen and oxygen atoms in total. The average molecular weight is 376 g/mol. The van der Waals surface area contributed by atoms with Crippen molar-refractivity contribution in [2.24, 2.45) is 5.92 Å². The Kier molecular flexibility index (Phi) is 6.13. The van der Waals surface area contributed by atoms with Crippen LogP contribution in [0.2, 0.25) is 0 Å². The lowest BCUT2D eigenvalue weighted by molar-refractivity contribution is -0.143. The van der Waals surface area contributed by atoms with Crippen molar-refractivity contribution >= 4 is 23.5 Å². The second kappa shape index (κ2) is 7.98. The average Bonchev–Trinajstić information content (AvgIpc) is 2.59. The van der Waals surface area contributed by atoms with E-state index in [4.69, 9.17) is 4.74 Å². The normalized spacial score (nSPS) is 17.5. The summed E-state index contributed by atoms with van der Waals surface area (Å²) in [5.41, 5.74) is 0.574. The number of anilines is 1. The fourth-order valence-corrected chi connectivity index (χ4v) is 3.04. The summed E-state index contributed by atoms with van der Waals surface area (Å²) < 4.78 is 5.80. The van der Waals surface area contributed by atoms with Crippen LogP contribution in [0.3, 0.4) is 0 Å². The van der Waals surface area contributed by atoms with Crippen LogP contribution >= 0.6 is 0 Å². The van der Waals surface area contributed by atoms with Crippen molar-refractivity contribution in [3.05, 3.63) is 23.8 Å². The van der Waals surface area contributed by atoms with Crippen LogP contribution in [-0.2, 0) is 14.4 Å². The number of fused-ring (bicyclic) bond motifs is 1. The van der Waals surface area contributed by atoms with Crippen molar-refractivity contribution in [2.75, 3.05) is 11.4 Å². The summed E-state index contributed by atoms with van der Waals surface area (Å²) in [6.07, 6.45) is 0.648. The van der Waals surface area contributed by atoms with Gasteiger partial charge in [0.15, 0.2) is 5.60 Å². The highest BCUT2D eigenvalue weighted by Crippen LogP contribution is 2.38. The summed E-state index contributed by atoms with van der Waals surface area (Å²) in [4.78, 5) is 38.0. The zero-order valence-corrected chi connectivity index (χ0v) is 16.5. The number of carboxylic acids is 1. The molecule has 7 heteroatoms. The number of nitrogens with one attached hydrogen (secondary N) is 1. The number of rotatable bonds is 7. The standard InChI is InChI=1S/C20H28N2O5/c1-6-13(3)17(18(24)25)21-16(23)9-10-22-14-11-12(2)7-8-15(14)27-20(4,5)19(22)26/h7-8,11,13,17H,6,9-10H2,1-5H3,(H,21,23)(H,24,25). The molecule has 0 saturated carbocycles. The Morgan fingerprint density at radius 1 is 1.33 bits per heavy atom. The molecule has 0 aliphatic carbocycles. The summed E-state index contributed by atoms with van der Waals surface area (Å²) in [6.45, 7) is 9.11. The van der Waals surface area contributed by atoms with Gasteiger partial charge in [0.25, 0.3) is 5.91 Å². The van der Waals surface area contributed by atoms with Gasteiger partial charge in [0, 0.05) is 13.0 Å². The summed E-state index contributed by atoms with van der Waals surface area (Å²) in [6, 6.07) is 4.63. The highest BCUT2D eigenvalue weighted by atomic mass is 16.5. The van der Waals surface area contributed by atoms with Crippen LogP contribution in [0.5, 0.6) is 5.75 Å². The molecule has 0 spiro atoms. The molecular formula is C20H28N2O5. The molecule has 2 unspecified atom stereocenters. The van der Waals surface area contributed by atoms with E-state index in [1.54, 1.807) is 25.7 Å². The van der Waals surface area contributed by atoms with Crippen LogP contribution in [0.4, 0.5) is 5.69 Å². The molecule has 2 amide bonds. The zero-order chi connectivity index (χ0) is 20.4. The maximum Gasteiger partial charge on any atom is 0.326 e. The van der Waals surface area contributed by atoms with Gasteiger partial charge in [-0.05, 0) is 44.4 Å². The minimum Gasteiger partial charge on any atom is -0.480 e. The van der Waals surface area contributed by atoms with Crippen molar-refractivity contribution in [3.8, 4) is 5.75 Å². The van der Waals surface area contributed by atoms with Crippen LogP contribution < -0.4 is 15.0 Å². The molecule has 0 aromatic heterocycles. The predicted octanol–water partition coefficient (Wildman–Crippen LogP) is 2.50. The van der Waals surface area contributed by atoms with Gasteiger partial charge in [-0.3, -0.25) is 9.59 Å². The molecule has 1 aromatic rings. The van der Waals surface area contributed by atoms with E-state index in [2.05, 4.69) is 5.32 Å². The van der Waals surface area contributed by atoms with Crippen LogP contribution in [0.25, 0.3) is 0 Å². The molecule has 1 aliphatic rings. The number of carboxylic acid groups (broad SMARTS) is 1. The molecule has 148 valence electrons. The quantitative estimate of drug-likeness (QED) is 0.762. The van der Waals surface area contributed by atoms with Crippen LogP contribution in [0.15, 0.2) is 18.2 Å². The van der Waals surface area contributed by atoms with Gasteiger partial charge in [-0.15, -0.1) is 0 Å². The Labute approximate surface area is 159 Å². The topological polar surface area (TPSA) is 95.9 Å². The van der Waals surface area contributed by atoms with Gasteiger partial charge in [0.05, 0.1) is 5.69 Å². The van der Waals surface area contributed by atoms with Gasteiger partial charge in [-0.1, -0.05) is 26.3 Å². The van der Waals surface area contributed by atoms with Gasteiger partial charge >= 0.3 is 5.97 Å². The van der Waals surface area contributed by atoms with Crippen LogP contribution in [0, 0.1) is 12.8 Å². The third kappa shape index (κ3) is 4.59. The van der Waals surface area contributed by atoms with Crippen molar-refractivity contribution in [1.82, 2.24) is 5.32 Å². The number of aliphatic carboxylic acids is 1. The number of carbonyl (C=O) groups excluding carboxylic acids is 2. The fourth-order valence-electron chi connectivity index (χ4n) is 3.04. The Balaban J connectivity index is 2.14. The van der Waals surface area contributed by atoms with Gasteiger partial charge in [0.1, 0.15) is 11.8 Å². The minimum atomic E-state index is -1.05. The van der Waals surface area contributed by atoms with E-state index in [1.807, 2.05) is 32.0 Å². The number of hydrogen-bond acceptors (Lipinski definition) is 4. The Morgan fingerprint density at radius 2 is 2.00 bits per heavy atom. The lowest BCUT2D eigenvalue weighted by Crippen LogP contribution is -2.53. The molecule has 0 saturated heterocycles. The third-order valence-corrected chi connectivity index (χ3v) is 4.89. The second-order valence-corrected chi connectivity index (χ2v) is 7.56. The number of nitrogens with zero attached hydrogens (tertiary/aromatic N) is 1. The van der Waals surface area contributed by atoms with E-state index >= 15 is 0 Å². The van der Waals surface area contributed by atoms with Gasteiger partial charge in [-0.2, -0.15) is 0 Å². The molecule has 1 heterocycles. The zero-order valence-electron chi connectivity index (χ0n) is 16.5. The third-order valence-electron chi connectivity index (χ3n) is 4.89. The monoisotopic (exact) mass is 376 g/mol. The van der Waals surface area contributed by atoms with E-state index in [0.717, 1.165) is 5.56 Å². The highest BCUT2D eigenvalue weighted by Gasteiger charge is 2.41. The number of ether oxygens (including phenoxy) is 1. The van der Waals surface area contributed by atoms with Crippen LogP contribution in [0.1, 0.15) is 46.1 Å². The van der Waals surface area contributed by atoms with Gasteiger partial charge in [0.2, 0.25) is 5.91 Å². The molecule has 1 aliphatic heterocycles. The SMILES string of the molecule is CCC(C)C(NC(=O)CCN1C(=O)C(C)(C)Oc2ccc(C)cc21)C(=O)O. The first-order chi connectivity index (χ1) is 12.6. The molecule has 2 N–H and O–H groups in total. The number of carbonyl (C=O) groups is 3. The Hall–Kier alpha value is -2.57. The summed E-state index contributed by atoms with van der Waals surface area (Å²) in [7, 11) is 0. The molecule has 2 atom stereocenters. The molecule has 27 heavy (non-hydrogen) atoms. The van der Waals surface area contributed by atoms with E-state index in [1.165, 1.54) is 0 Å². The van der Waals surface area contributed by atoms with E-state index in [9.17, 15) is 19.5 Å². The molecule has 2 rings (SSSR count). The summed E-state index contributed by atoms with van der Waals surface area (Å²) in [5, 5.41) is 11.9. The lowest BCUT2D eigenvalue weighted by Gasteiger charge is -2.39. The number of amides is 2. The molecule has 0 fully saturated rings. The highest BCUT2D eigenvalue weighted by molar-refractivity contribution is 6.02. The first-order valence-corrected chi connectivity index (χ1v) is 9.20. The minimum absolute atomic E-state index is 0.00934. The molecular weight excluding hydrogens is 348 g/mol. The van der Waals surface area contributed by atoms with Crippen molar-refractivity contribution in [2.45, 2.75) is 59.1 Å². The smallest absolute Gasteiger partial charge is 0.326 e. The Bertz CT molecular complexity index is 744. The van der Waals surface area contributed by atoms with Crippen LogP contribution in [-0.4, -0.2) is 41.1 Å². The first kappa shape index (κ1) is 20.7. The predicted molar refractivity (Wildman–Crippen MR) is 102 cm³/mol. The first-order valence-electron chi connectivity index (χ1n) is 9.20. The molecule has 0 bridgehead atoms. The molecule has 0 radical (unpaired) electrons. The second-order valence-electron chi connectivity index (χ2n) is 7.56. The van der Waals surface area contributed by atoms with E-state index in [0.29, 0.717) is 17.9 Å². The van der Waals surface area contributed by atoms with Crippen molar-refractivity contribution in [1.29, 1.82) is 0 Å². The maximum absolute atomic E-state index is 12.8. The summed E-state index contributed by atoms with van der Waals surface area (Å²) in [5.74, 6) is -1.27.